The molecule has 154 valence electrons. The fourth-order valence-corrected chi connectivity index (χ4v) is 3.92. The average Bonchev–Trinajstić information content (AvgIpc) is 2.81. The molecule has 0 radical (unpaired) electrons. The fourth-order valence-electron chi connectivity index (χ4n) is 3.92. The first-order chi connectivity index (χ1) is 14.8. The first-order valence-corrected chi connectivity index (χ1v) is 10.6. The predicted octanol–water partition coefficient (Wildman–Crippen LogP) is 4.28. The number of nitrogens with one attached hydrogen (secondary N) is 1. The Hall–Kier alpha value is -2.95. The molecule has 1 fully saturated rings. The highest BCUT2D eigenvalue weighted by Gasteiger charge is 2.31. The second kappa shape index (κ2) is 10.2. The van der Waals surface area contributed by atoms with Gasteiger partial charge in [0.15, 0.2) is 0 Å². The Morgan fingerprint density at radius 2 is 1.47 bits per heavy atom. The van der Waals surface area contributed by atoms with Crippen LogP contribution in [0.1, 0.15) is 27.9 Å². The molecule has 0 unspecified atom stereocenters. The first kappa shape index (κ1) is 20.3. The highest BCUT2D eigenvalue weighted by atomic mass is 16.5. The van der Waals surface area contributed by atoms with Crippen LogP contribution in [0.15, 0.2) is 91.0 Å². The van der Waals surface area contributed by atoms with E-state index >= 15 is 0 Å². The van der Waals surface area contributed by atoms with Crippen molar-refractivity contribution in [3.05, 3.63) is 108 Å². The number of ether oxygens (including phenoxy) is 1. The van der Waals surface area contributed by atoms with Gasteiger partial charge in [0.2, 0.25) is 0 Å². The van der Waals surface area contributed by atoms with E-state index in [4.69, 9.17) is 4.74 Å². The highest BCUT2D eigenvalue weighted by Crippen LogP contribution is 2.19. The number of rotatable bonds is 7. The molecule has 1 saturated heterocycles. The summed E-state index contributed by atoms with van der Waals surface area (Å²) in [6, 6.07) is 30.1. The molecule has 30 heavy (non-hydrogen) atoms. The lowest BCUT2D eigenvalue weighted by Crippen LogP contribution is -2.54. The molecule has 0 aromatic heterocycles. The van der Waals surface area contributed by atoms with E-state index in [1.807, 2.05) is 54.6 Å². The van der Waals surface area contributed by atoms with E-state index in [1.165, 1.54) is 5.56 Å². The normalized spacial score (nSPS) is 19.3. The molecular formula is C26H28N2O2. The van der Waals surface area contributed by atoms with Crippen LogP contribution in [0.25, 0.3) is 0 Å². The van der Waals surface area contributed by atoms with Crippen molar-refractivity contribution >= 4 is 5.91 Å². The molecule has 3 aromatic carbocycles. The third kappa shape index (κ3) is 5.56. The first-order valence-electron chi connectivity index (χ1n) is 10.6. The van der Waals surface area contributed by atoms with E-state index in [-0.39, 0.29) is 18.1 Å². The summed E-state index contributed by atoms with van der Waals surface area (Å²) in [6.07, 6.45) is 0.806. The van der Waals surface area contributed by atoms with E-state index in [9.17, 15) is 4.79 Å². The summed E-state index contributed by atoms with van der Waals surface area (Å²) in [6.45, 7) is 3.16. The van der Waals surface area contributed by atoms with Crippen molar-refractivity contribution in [3.63, 3.8) is 0 Å². The third-order valence-corrected chi connectivity index (χ3v) is 5.55. The smallest absolute Gasteiger partial charge is 0.251 e. The van der Waals surface area contributed by atoms with Gasteiger partial charge in [-0.1, -0.05) is 78.9 Å². The molecule has 1 aliphatic rings. The lowest BCUT2D eigenvalue weighted by Gasteiger charge is -2.38. The standard InChI is InChI=1S/C26H28N2O2/c29-26(23-14-8-3-9-15-23)27-24-16-17-28(18-21-10-4-1-5-11-21)19-25(24)30-20-22-12-6-2-7-13-22/h1-15,24-25H,16-20H2,(H,27,29)/t24-,25-/m0/s1. The van der Waals surface area contributed by atoms with Crippen LogP contribution in [0, 0.1) is 0 Å². The Bertz CT molecular complexity index is 916. The molecule has 1 heterocycles. The Labute approximate surface area is 178 Å². The number of hydrogen-bond acceptors (Lipinski definition) is 3. The number of carbonyl (C=O) groups is 1. The van der Waals surface area contributed by atoms with Gasteiger partial charge in [0.05, 0.1) is 18.8 Å². The predicted molar refractivity (Wildman–Crippen MR) is 119 cm³/mol. The van der Waals surface area contributed by atoms with Gasteiger partial charge in [-0.15, -0.1) is 0 Å². The number of benzene rings is 3. The number of nitrogens with zero attached hydrogens (tertiary/aromatic N) is 1. The van der Waals surface area contributed by atoms with Crippen LogP contribution >= 0.6 is 0 Å². The molecule has 4 heteroatoms. The highest BCUT2D eigenvalue weighted by molar-refractivity contribution is 5.94. The Balaban J connectivity index is 1.43. The number of piperidine rings is 1. The summed E-state index contributed by atoms with van der Waals surface area (Å²) in [7, 11) is 0. The topological polar surface area (TPSA) is 41.6 Å². The average molecular weight is 401 g/mol. The van der Waals surface area contributed by atoms with Crippen LogP contribution in [0.2, 0.25) is 0 Å². The van der Waals surface area contributed by atoms with Crippen LogP contribution in [-0.4, -0.2) is 36.0 Å². The molecule has 4 rings (SSSR count). The van der Waals surface area contributed by atoms with Crippen LogP contribution in [0.4, 0.5) is 0 Å². The minimum atomic E-state index is -0.0599. The van der Waals surface area contributed by atoms with Crippen LogP contribution in [0.5, 0.6) is 0 Å². The van der Waals surface area contributed by atoms with Gasteiger partial charge in [0, 0.05) is 25.2 Å². The lowest BCUT2D eigenvalue weighted by atomic mass is 10.00. The molecule has 1 aliphatic heterocycles. The van der Waals surface area contributed by atoms with Crippen molar-refractivity contribution in [2.75, 3.05) is 13.1 Å². The van der Waals surface area contributed by atoms with Crippen molar-refractivity contribution in [3.8, 4) is 0 Å². The summed E-state index contributed by atoms with van der Waals surface area (Å²) in [5.41, 5.74) is 3.13. The van der Waals surface area contributed by atoms with Gasteiger partial charge in [0.1, 0.15) is 0 Å². The van der Waals surface area contributed by atoms with Gasteiger partial charge < -0.3 is 10.1 Å². The minimum absolute atomic E-state index is 0.00607. The second-order valence-electron chi connectivity index (χ2n) is 7.79. The van der Waals surface area contributed by atoms with Gasteiger partial charge in [-0.2, -0.15) is 0 Å². The number of likely N-dealkylation sites (tertiary alicyclic amines) is 1. The SMILES string of the molecule is O=C(N[C@H]1CCN(Cc2ccccc2)C[C@@H]1OCc1ccccc1)c1ccccc1. The van der Waals surface area contributed by atoms with Gasteiger partial charge in [0.25, 0.3) is 5.91 Å². The van der Waals surface area contributed by atoms with E-state index in [0.717, 1.165) is 31.6 Å². The minimum Gasteiger partial charge on any atom is -0.370 e. The molecule has 3 aromatic rings. The van der Waals surface area contributed by atoms with E-state index in [2.05, 4.69) is 46.6 Å². The maximum Gasteiger partial charge on any atom is 0.251 e. The van der Waals surface area contributed by atoms with Crippen LogP contribution in [-0.2, 0) is 17.9 Å². The summed E-state index contributed by atoms with van der Waals surface area (Å²) in [4.78, 5) is 15.1. The summed E-state index contributed by atoms with van der Waals surface area (Å²) < 4.78 is 6.33. The van der Waals surface area contributed by atoms with Gasteiger partial charge in [-0.25, -0.2) is 0 Å². The summed E-state index contributed by atoms with van der Waals surface area (Å²) in [5, 5.41) is 3.22. The van der Waals surface area contributed by atoms with Gasteiger partial charge in [-0.05, 0) is 29.7 Å². The maximum absolute atomic E-state index is 12.7. The molecule has 0 spiro atoms. The Morgan fingerprint density at radius 1 is 0.867 bits per heavy atom. The molecule has 1 amide bonds. The van der Waals surface area contributed by atoms with Crippen LogP contribution < -0.4 is 5.32 Å². The molecule has 1 N–H and O–H groups in total. The van der Waals surface area contributed by atoms with Crippen molar-refractivity contribution in [1.82, 2.24) is 10.2 Å². The number of carbonyl (C=O) groups excluding carboxylic acids is 1. The largest absolute Gasteiger partial charge is 0.370 e. The molecule has 4 nitrogen and oxygen atoms in total. The molecule has 0 aliphatic carbocycles. The molecule has 0 saturated carbocycles. The van der Waals surface area contributed by atoms with Crippen LogP contribution in [0.3, 0.4) is 0 Å². The second-order valence-corrected chi connectivity index (χ2v) is 7.79. The van der Waals surface area contributed by atoms with Crippen molar-refractivity contribution in [1.29, 1.82) is 0 Å². The van der Waals surface area contributed by atoms with E-state index in [1.54, 1.807) is 0 Å². The van der Waals surface area contributed by atoms with Crippen molar-refractivity contribution in [2.24, 2.45) is 0 Å². The quantitative estimate of drug-likeness (QED) is 0.644. The third-order valence-electron chi connectivity index (χ3n) is 5.55. The number of hydrogen-bond donors (Lipinski definition) is 1. The zero-order valence-electron chi connectivity index (χ0n) is 17.1. The monoisotopic (exact) mass is 400 g/mol. The zero-order chi connectivity index (χ0) is 20.6. The fraction of sp³-hybridized carbons (Fsp3) is 0.269. The molecule has 0 bridgehead atoms. The van der Waals surface area contributed by atoms with E-state index < -0.39 is 0 Å². The zero-order valence-corrected chi connectivity index (χ0v) is 17.1. The Kier molecular flexibility index (Phi) is 6.91. The van der Waals surface area contributed by atoms with Gasteiger partial charge >= 0.3 is 0 Å². The molecule has 2 atom stereocenters. The lowest BCUT2D eigenvalue weighted by molar-refractivity contribution is -0.0315. The van der Waals surface area contributed by atoms with Crippen molar-refractivity contribution in [2.45, 2.75) is 31.7 Å². The number of amides is 1. The summed E-state index contributed by atoms with van der Waals surface area (Å²) in [5.74, 6) is -0.0366. The van der Waals surface area contributed by atoms with E-state index in [0.29, 0.717) is 12.2 Å². The summed E-state index contributed by atoms with van der Waals surface area (Å²) >= 11 is 0. The maximum atomic E-state index is 12.7. The Morgan fingerprint density at radius 3 is 2.13 bits per heavy atom. The van der Waals surface area contributed by atoms with Crippen molar-refractivity contribution < 1.29 is 9.53 Å². The molecular weight excluding hydrogens is 372 g/mol. The van der Waals surface area contributed by atoms with Gasteiger partial charge in [-0.3, -0.25) is 9.69 Å².